The van der Waals surface area contributed by atoms with Crippen molar-refractivity contribution in [3.8, 4) is 67.5 Å². The van der Waals surface area contributed by atoms with Crippen molar-refractivity contribution < 1.29 is 20.6 Å². The van der Waals surface area contributed by atoms with Crippen LogP contribution in [0.5, 0.6) is 0 Å². The first-order valence-corrected chi connectivity index (χ1v) is 17.0. The molecule has 10 aromatic rings. The van der Waals surface area contributed by atoms with Crippen molar-refractivity contribution in [2.75, 3.05) is 0 Å². The van der Waals surface area contributed by atoms with E-state index in [0.717, 1.165) is 32.7 Å². The molecule has 9 aromatic carbocycles. The summed E-state index contributed by atoms with van der Waals surface area (Å²) in [4.78, 5) is 14.4. The first kappa shape index (κ1) is 19.6. The fraction of sp³-hybridized carbons (Fsp3) is 0. The molecular weight excluding hydrogens is 655 g/mol. The second-order valence-corrected chi connectivity index (χ2v) is 12.5. The standard InChI is InChI=1S/C51H33N3/c1-3-13-34(14-4-1)37-20-11-21-41(29-37)48-33-44(32-40-18-8-10-23-47(40)48)51-53-49(36-16-5-2-6-17-36)52-50(54-51)43-28-26-38-30-42(27-25-39(38)31-43)46-24-12-19-35-15-7-9-22-45(35)46/h1-33H/i1D,3D,4D,8D,10D,11D,13D,14D,18D,20D,21D,23D,29D,32D,33D. The first-order valence-electron chi connectivity index (χ1n) is 24.5. The van der Waals surface area contributed by atoms with Gasteiger partial charge in [0.2, 0.25) is 0 Å². The molecule has 0 bridgehead atoms. The molecule has 0 fully saturated rings. The minimum absolute atomic E-state index is 0.118. The van der Waals surface area contributed by atoms with Gasteiger partial charge in [-0.1, -0.05) is 170 Å². The minimum atomic E-state index is -0.859. The molecule has 0 aliphatic carbocycles. The fourth-order valence-corrected chi connectivity index (χ4v) is 6.57. The van der Waals surface area contributed by atoms with Crippen LogP contribution in [0.1, 0.15) is 20.6 Å². The molecular formula is C51H33N3. The maximum Gasteiger partial charge on any atom is 0.164 e. The van der Waals surface area contributed by atoms with Gasteiger partial charge in [0.25, 0.3) is 0 Å². The predicted octanol–water partition coefficient (Wildman–Crippen LogP) is 13.3. The van der Waals surface area contributed by atoms with Crippen LogP contribution in [0.2, 0.25) is 0 Å². The average molecular weight is 703 g/mol. The van der Waals surface area contributed by atoms with E-state index in [2.05, 4.69) is 30.3 Å². The van der Waals surface area contributed by atoms with Gasteiger partial charge in [-0.15, -0.1) is 0 Å². The Morgan fingerprint density at radius 1 is 0.315 bits per heavy atom. The van der Waals surface area contributed by atoms with Crippen molar-refractivity contribution in [3.05, 3.63) is 200 Å². The van der Waals surface area contributed by atoms with Crippen LogP contribution in [0.3, 0.4) is 0 Å². The monoisotopic (exact) mass is 702 g/mol. The number of hydrogen-bond donors (Lipinski definition) is 0. The van der Waals surface area contributed by atoms with E-state index in [4.69, 9.17) is 30.0 Å². The van der Waals surface area contributed by atoms with Crippen LogP contribution in [0.25, 0.3) is 99.9 Å². The maximum absolute atomic E-state index is 9.90. The predicted molar refractivity (Wildman–Crippen MR) is 225 cm³/mol. The zero-order valence-electron chi connectivity index (χ0n) is 43.2. The van der Waals surface area contributed by atoms with E-state index in [1.165, 1.54) is 0 Å². The summed E-state index contributed by atoms with van der Waals surface area (Å²) in [5, 5.41) is 3.10. The van der Waals surface area contributed by atoms with E-state index in [1.54, 1.807) is 30.3 Å². The Hall–Kier alpha value is -7.23. The van der Waals surface area contributed by atoms with Gasteiger partial charge in [-0.05, 0) is 96.0 Å². The van der Waals surface area contributed by atoms with Crippen molar-refractivity contribution in [3.63, 3.8) is 0 Å². The van der Waals surface area contributed by atoms with Crippen LogP contribution in [-0.4, -0.2) is 15.0 Å². The average Bonchev–Trinajstić information content (AvgIpc) is 3.36. The van der Waals surface area contributed by atoms with Gasteiger partial charge in [-0.25, -0.2) is 15.0 Å². The summed E-state index contributed by atoms with van der Waals surface area (Å²) in [6, 6.07) is 23.5. The molecule has 252 valence electrons. The third kappa shape index (κ3) is 5.88. The summed E-state index contributed by atoms with van der Waals surface area (Å²) in [7, 11) is 0. The quantitative estimate of drug-likeness (QED) is 0.173. The normalized spacial score (nSPS) is 15.2. The molecule has 54 heavy (non-hydrogen) atoms. The molecule has 1 heterocycles. The molecule has 0 amide bonds. The lowest BCUT2D eigenvalue weighted by Gasteiger charge is -2.13. The minimum Gasteiger partial charge on any atom is -0.208 e. The Bertz CT molecular complexity index is 3830. The lowest BCUT2D eigenvalue weighted by molar-refractivity contribution is 1.08. The first-order chi connectivity index (χ1) is 33.0. The molecule has 3 heteroatoms. The molecule has 0 saturated carbocycles. The summed E-state index contributed by atoms with van der Waals surface area (Å²) in [5.74, 6) is -0.0368. The zero-order valence-corrected chi connectivity index (χ0v) is 28.2. The number of fused-ring (bicyclic) bond motifs is 3. The number of aromatic nitrogens is 3. The SMILES string of the molecule is [2H]c1c([2H])c([2H])c(-c2c([2H])c([2H])c([2H])c(-c3c([2H])c(-c4nc(-c5ccccc5)nc(-c5ccc6cc(-c7cccc8ccccc78)ccc6c5)n4)c([2H])c4c([2H])c([2H])c([2H])c([2H])c34)c2[2H])c([2H])c1[2H]. The van der Waals surface area contributed by atoms with Crippen LogP contribution < -0.4 is 0 Å². The Kier molecular flexibility index (Phi) is 4.85. The molecule has 0 saturated heterocycles. The van der Waals surface area contributed by atoms with Crippen molar-refractivity contribution in [2.45, 2.75) is 0 Å². The lowest BCUT2D eigenvalue weighted by atomic mass is 9.93. The van der Waals surface area contributed by atoms with Gasteiger partial charge >= 0.3 is 0 Å². The molecule has 0 unspecified atom stereocenters. The largest absolute Gasteiger partial charge is 0.208 e. The van der Waals surface area contributed by atoms with Gasteiger partial charge < -0.3 is 0 Å². The number of hydrogen-bond acceptors (Lipinski definition) is 3. The molecule has 0 aliphatic rings. The van der Waals surface area contributed by atoms with Crippen LogP contribution in [0, 0.1) is 0 Å². The highest BCUT2D eigenvalue weighted by atomic mass is 15.0. The van der Waals surface area contributed by atoms with Gasteiger partial charge in [-0.2, -0.15) is 0 Å². The van der Waals surface area contributed by atoms with Crippen molar-refractivity contribution in [1.29, 1.82) is 0 Å². The van der Waals surface area contributed by atoms with Crippen LogP contribution in [0.15, 0.2) is 200 Å². The molecule has 0 spiro atoms. The van der Waals surface area contributed by atoms with Crippen molar-refractivity contribution in [1.82, 2.24) is 15.0 Å². The van der Waals surface area contributed by atoms with E-state index >= 15 is 0 Å². The summed E-state index contributed by atoms with van der Waals surface area (Å²) >= 11 is 0. The highest BCUT2D eigenvalue weighted by Crippen LogP contribution is 2.37. The van der Waals surface area contributed by atoms with Crippen molar-refractivity contribution in [2.24, 2.45) is 0 Å². The number of rotatable bonds is 6. The molecule has 0 aliphatic heterocycles. The Morgan fingerprint density at radius 2 is 0.963 bits per heavy atom. The summed E-state index contributed by atoms with van der Waals surface area (Å²) in [6.07, 6.45) is 0. The van der Waals surface area contributed by atoms with Crippen LogP contribution in [-0.2, 0) is 0 Å². The fourth-order valence-electron chi connectivity index (χ4n) is 6.57. The maximum atomic E-state index is 9.90. The highest BCUT2D eigenvalue weighted by molar-refractivity contribution is 6.01. The van der Waals surface area contributed by atoms with E-state index in [9.17, 15) is 5.48 Å². The third-order valence-corrected chi connectivity index (χ3v) is 9.15. The molecule has 0 atom stereocenters. The lowest BCUT2D eigenvalue weighted by Crippen LogP contribution is -2.00. The zero-order chi connectivity index (χ0) is 48.9. The van der Waals surface area contributed by atoms with Gasteiger partial charge in [0, 0.05) is 16.7 Å². The van der Waals surface area contributed by atoms with Gasteiger partial charge in [0.15, 0.2) is 17.5 Å². The summed E-state index contributed by atoms with van der Waals surface area (Å²) < 4.78 is 134. The second kappa shape index (κ2) is 13.4. The van der Waals surface area contributed by atoms with Gasteiger partial charge in [0.1, 0.15) is 0 Å². The Balaban J connectivity index is 1.26. The van der Waals surface area contributed by atoms with E-state index in [1.807, 2.05) is 48.5 Å². The molecule has 3 nitrogen and oxygen atoms in total. The summed E-state index contributed by atoms with van der Waals surface area (Å²) in [6.45, 7) is 0. The smallest absolute Gasteiger partial charge is 0.164 e. The van der Waals surface area contributed by atoms with E-state index in [0.29, 0.717) is 11.1 Å². The van der Waals surface area contributed by atoms with E-state index < -0.39 is 124 Å². The molecule has 0 N–H and O–H groups in total. The van der Waals surface area contributed by atoms with Gasteiger partial charge in [0.05, 0.1) is 20.6 Å². The molecule has 0 radical (unpaired) electrons. The molecule has 10 rings (SSSR count). The third-order valence-electron chi connectivity index (χ3n) is 9.15. The number of benzene rings is 9. The van der Waals surface area contributed by atoms with Crippen LogP contribution in [0.4, 0.5) is 0 Å². The van der Waals surface area contributed by atoms with E-state index in [-0.39, 0.29) is 23.0 Å². The highest BCUT2D eigenvalue weighted by Gasteiger charge is 2.16. The van der Waals surface area contributed by atoms with Crippen molar-refractivity contribution >= 4 is 32.3 Å². The Labute approximate surface area is 335 Å². The topological polar surface area (TPSA) is 38.7 Å². The van der Waals surface area contributed by atoms with Gasteiger partial charge in [-0.3, -0.25) is 0 Å². The molecule has 1 aromatic heterocycles. The summed E-state index contributed by atoms with van der Waals surface area (Å²) in [5.41, 5.74) is 0.368. The second-order valence-electron chi connectivity index (χ2n) is 12.5. The van der Waals surface area contributed by atoms with Crippen LogP contribution >= 0.6 is 0 Å². The Morgan fingerprint density at radius 3 is 1.81 bits per heavy atom. The number of nitrogens with zero attached hydrogens (tertiary/aromatic N) is 3.